The predicted molar refractivity (Wildman–Crippen MR) is 56.5 cm³/mol. The third-order valence-electron chi connectivity index (χ3n) is 2.23. The van der Waals surface area contributed by atoms with E-state index in [2.05, 4.69) is 5.32 Å². The highest BCUT2D eigenvalue weighted by atomic mass is 16.2. The van der Waals surface area contributed by atoms with E-state index in [1.165, 1.54) is 18.2 Å². The van der Waals surface area contributed by atoms with Gasteiger partial charge in [-0.25, -0.2) is 9.69 Å². The highest BCUT2D eigenvalue weighted by Crippen LogP contribution is 2.24. The maximum atomic E-state index is 11.4. The van der Waals surface area contributed by atoms with Crippen molar-refractivity contribution in [3.8, 4) is 6.07 Å². The lowest BCUT2D eigenvalue weighted by Crippen LogP contribution is -2.31. The number of anilines is 2. The SMILES string of the molecule is N#Cc1cc(N)ccc1N1C(=O)CNC1=O. The number of benzene rings is 1. The molecule has 1 heterocycles. The van der Waals surface area contributed by atoms with Gasteiger partial charge in [-0.05, 0) is 18.2 Å². The number of hydrogen-bond donors (Lipinski definition) is 2. The number of nitriles is 1. The van der Waals surface area contributed by atoms with Crippen molar-refractivity contribution in [1.82, 2.24) is 5.32 Å². The molecule has 1 aliphatic rings. The molecule has 3 amide bonds. The number of carbonyl (C=O) groups excluding carboxylic acids is 2. The van der Waals surface area contributed by atoms with E-state index in [4.69, 9.17) is 11.0 Å². The van der Waals surface area contributed by atoms with Crippen molar-refractivity contribution in [2.45, 2.75) is 0 Å². The van der Waals surface area contributed by atoms with E-state index in [1.54, 1.807) is 0 Å². The minimum absolute atomic E-state index is 0.0475. The van der Waals surface area contributed by atoms with Crippen LogP contribution in [0.4, 0.5) is 16.2 Å². The molecule has 80 valence electrons. The van der Waals surface area contributed by atoms with Gasteiger partial charge in [0, 0.05) is 5.69 Å². The van der Waals surface area contributed by atoms with Crippen LogP contribution < -0.4 is 16.0 Å². The molecule has 1 saturated heterocycles. The van der Waals surface area contributed by atoms with Gasteiger partial charge in [0.1, 0.15) is 6.07 Å². The quantitative estimate of drug-likeness (QED) is 0.517. The van der Waals surface area contributed by atoms with Crippen molar-refractivity contribution in [3.05, 3.63) is 23.8 Å². The fraction of sp³-hybridized carbons (Fsp3) is 0.100. The summed E-state index contributed by atoms with van der Waals surface area (Å²) < 4.78 is 0. The Morgan fingerprint density at radius 1 is 1.44 bits per heavy atom. The molecule has 6 heteroatoms. The third-order valence-corrected chi connectivity index (χ3v) is 2.23. The molecule has 0 radical (unpaired) electrons. The predicted octanol–water partition coefficient (Wildman–Crippen LogP) is 0.197. The maximum absolute atomic E-state index is 11.4. The van der Waals surface area contributed by atoms with Crippen molar-refractivity contribution < 1.29 is 9.59 Å². The van der Waals surface area contributed by atoms with Gasteiger partial charge in [-0.15, -0.1) is 0 Å². The molecule has 0 spiro atoms. The highest BCUT2D eigenvalue weighted by molar-refractivity contribution is 6.20. The summed E-state index contributed by atoms with van der Waals surface area (Å²) in [5, 5.41) is 11.3. The van der Waals surface area contributed by atoms with Crippen molar-refractivity contribution in [3.63, 3.8) is 0 Å². The zero-order valence-corrected chi connectivity index (χ0v) is 8.23. The normalized spacial score (nSPS) is 14.8. The molecule has 1 aliphatic heterocycles. The molecule has 16 heavy (non-hydrogen) atoms. The van der Waals surface area contributed by atoms with Gasteiger partial charge in [0.25, 0.3) is 5.91 Å². The first-order valence-corrected chi connectivity index (χ1v) is 4.54. The summed E-state index contributed by atoms with van der Waals surface area (Å²) in [7, 11) is 0. The van der Waals surface area contributed by atoms with Gasteiger partial charge in [0.05, 0.1) is 17.8 Å². The van der Waals surface area contributed by atoms with Crippen LogP contribution in [0.2, 0.25) is 0 Å². The molecule has 6 nitrogen and oxygen atoms in total. The molecule has 1 fully saturated rings. The molecule has 1 aromatic rings. The molecule has 0 unspecified atom stereocenters. The standard InChI is InChI=1S/C10H8N4O2/c11-4-6-3-7(12)1-2-8(6)14-9(15)5-13-10(14)16/h1-3H,5,12H2,(H,13,16). The number of nitrogen functional groups attached to an aromatic ring is 1. The molecule has 1 aromatic carbocycles. The minimum Gasteiger partial charge on any atom is -0.399 e. The van der Waals surface area contributed by atoms with E-state index in [9.17, 15) is 9.59 Å². The number of nitrogens with one attached hydrogen (secondary N) is 1. The highest BCUT2D eigenvalue weighted by Gasteiger charge is 2.31. The first-order chi connectivity index (χ1) is 7.63. The summed E-state index contributed by atoms with van der Waals surface area (Å²) >= 11 is 0. The van der Waals surface area contributed by atoms with Gasteiger partial charge >= 0.3 is 6.03 Å². The van der Waals surface area contributed by atoms with Crippen LogP contribution in [0.25, 0.3) is 0 Å². The molecule has 2 rings (SSSR count). The molecule has 0 aliphatic carbocycles. The van der Waals surface area contributed by atoms with Gasteiger partial charge < -0.3 is 11.1 Å². The zero-order valence-electron chi connectivity index (χ0n) is 8.23. The van der Waals surface area contributed by atoms with Crippen molar-refractivity contribution >= 4 is 23.3 Å². The van der Waals surface area contributed by atoms with E-state index in [0.717, 1.165) is 4.90 Å². The Balaban J connectivity index is 2.52. The fourth-order valence-electron chi connectivity index (χ4n) is 1.50. The van der Waals surface area contributed by atoms with Crippen LogP contribution in [-0.2, 0) is 4.79 Å². The van der Waals surface area contributed by atoms with Gasteiger partial charge in [-0.2, -0.15) is 5.26 Å². The van der Waals surface area contributed by atoms with Gasteiger partial charge in [0.2, 0.25) is 0 Å². The molecular weight excluding hydrogens is 208 g/mol. The summed E-state index contributed by atoms with van der Waals surface area (Å²) in [6.45, 7) is -0.0475. The summed E-state index contributed by atoms with van der Waals surface area (Å²) in [5.41, 5.74) is 6.39. The van der Waals surface area contributed by atoms with Gasteiger partial charge in [-0.1, -0.05) is 0 Å². The Labute approximate surface area is 91.3 Å². The second kappa shape index (κ2) is 3.55. The zero-order chi connectivity index (χ0) is 11.7. The number of urea groups is 1. The third kappa shape index (κ3) is 1.44. The monoisotopic (exact) mass is 216 g/mol. The number of amides is 3. The molecule has 0 saturated carbocycles. The Hall–Kier alpha value is -2.55. The fourth-order valence-corrected chi connectivity index (χ4v) is 1.50. The molecule has 0 aromatic heterocycles. The minimum atomic E-state index is -0.522. The summed E-state index contributed by atoms with van der Waals surface area (Å²) in [5.74, 6) is -0.383. The largest absolute Gasteiger partial charge is 0.399 e. The van der Waals surface area contributed by atoms with Gasteiger partial charge in [0.15, 0.2) is 0 Å². The Morgan fingerprint density at radius 3 is 2.75 bits per heavy atom. The van der Waals surface area contributed by atoms with E-state index in [1.807, 2.05) is 6.07 Å². The van der Waals surface area contributed by atoms with Crippen LogP contribution in [0.3, 0.4) is 0 Å². The Morgan fingerprint density at radius 2 is 2.19 bits per heavy atom. The van der Waals surface area contributed by atoms with Crippen LogP contribution in [0, 0.1) is 11.3 Å². The number of rotatable bonds is 1. The Bertz CT molecular complexity index is 502. The number of imide groups is 1. The van der Waals surface area contributed by atoms with Crippen LogP contribution >= 0.6 is 0 Å². The maximum Gasteiger partial charge on any atom is 0.329 e. The summed E-state index contributed by atoms with van der Waals surface area (Å²) in [6.07, 6.45) is 0. The summed E-state index contributed by atoms with van der Waals surface area (Å²) in [4.78, 5) is 23.8. The summed E-state index contributed by atoms with van der Waals surface area (Å²) in [6, 6.07) is 5.82. The molecule has 0 bridgehead atoms. The van der Waals surface area contributed by atoms with E-state index >= 15 is 0 Å². The van der Waals surface area contributed by atoms with Crippen LogP contribution in [0.15, 0.2) is 18.2 Å². The number of nitrogens with zero attached hydrogens (tertiary/aromatic N) is 2. The van der Waals surface area contributed by atoms with Crippen molar-refractivity contribution in [2.24, 2.45) is 0 Å². The smallest absolute Gasteiger partial charge is 0.329 e. The number of nitrogens with two attached hydrogens (primary N) is 1. The molecule has 3 N–H and O–H groups in total. The Kier molecular flexibility index (Phi) is 2.21. The molecular formula is C10H8N4O2. The van der Waals surface area contributed by atoms with Crippen LogP contribution in [0.5, 0.6) is 0 Å². The number of carbonyl (C=O) groups is 2. The van der Waals surface area contributed by atoms with Crippen LogP contribution in [-0.4, -0.2) is 18.5 Å². The lowest BCUT2D eigenvalue weighted by molar-refractivity contribution is -0.115. The van der Waals surface area contributed by atoms with E-state index in [-0.39, 0.29) is 23.7 Å². The van der Waals surface area contributed by atoms with Gasteiger partial charge in [-0.3, -0.25) is 4.79 Å². The lowest BCUT2D eigenvalue weighted by atomic mass is 10.1. The van der Waals surface area contributed by atoms with Crippen LogP contribution in [0.1, 0.15) is 5.56 Å². The van der Waals surface area contributed by atoms with Crippen molar-refractivity contribution in [2.75, 3.05) is 17.2 Å². The second-order valence-corrected chi connectivity index (χ2v) is 3.28. The van der Waals surface area contributed by atoms with Crippen molar-refractivity contribution in [1.29, 1.82) is 5.26 Å². The first kappa shape index (κ1) is 9.98. The molecule has 0 atom stereocenters. The topological polar surface area (TPSA) is 99.2 Å². The van der Waals surface area contributed by atoms with E-state index in [0.29, 0.717) is 5.69 Å². The second-order valence-electron chi connectivity index (χ2n) is 3.28. The van der Waals surface area contributed by atoms with E-state index < -0.39 is 6.03 Å². The average molecular weight is 216 g/mol. The average Bonchev–Trinajstić information content (AvgIpc) is 2.59. The lowest BCUT2D eigenvalue weighted by Gasteiger charge is -2.13. The first-order valence-electron chi connectivity index (χ1n) is 4.54. The number of hydrogen-bond acceptors (Lipinski definition) is 4.